The second kappa shape index (κ2) is 3.31. The first-order valence-electron chi connectivity index (χ1n) is 4.06. The molecule has 0 aliphatic carbocycles. The number of hydrogen-bond acceptors (Lipinski definition) is 2. The summed E-state index contributed by atoms with van der Waals surface area (Å²) in [7, 11) is 0. The van der Waals surface area contributed by atoms with Crippen LogP contribution in [0.25, 0.3) is 5.70 Å². The van der Waals surface area contributed by atoms with E-state index in [1.54, 1.807) is 6.08 Å². The molecule has 64 valence electrons. The SMILES string of the molecule is O=C1CC=C(c2ccccc2)N=N1. The summed E-state index contributed by atoms with van der Waals surface area (Å²) in [6.07, 6.45) is 2.15. The molecule has 1 aromatic rings. The average Bonchev–Trinajstić information content (AvgIpc) is 2.20. The van der Waals surface area contributed by atoms with Crippen molar-refractivity contribution in [2.75, 3.05) is 0 Å². The predicted molar refractivity (Wildman–Crippen MR) is 48.9 cm³/mol. The largest absolute Gasteiger partial charge is 0.271 e. The topological polar surface area (TPSA) is 41.8 Å². The smallest absolute Gasteiger partial charge is 0.268 e. The number of carbonyl (C=O) groups excluding carboxylic acids is 1. The molecule has 13 heavy (non-hydrogen) atoms. The van der Waals surface area contributed by atoms with E-state index >= 15 is 0 Å². The van der Waals surface area contributed by atoms with Crippen molar-refractivity contribution in [3.63, 3.8) is 0 Å². The lowest BCUT2D eigenvalue weighted by molar-refractivity contribution is -0.117. The highest BCUT2D eigenvalue weighted by atomic mass is 16.1. The third-order valence-corrected chi connectivity index (χ3v) is 1.81. The fourth-order valence-corrected chi connectivity index (χ4v) is 1.16. The molecule has 1 heterocycles. The van der Waals surface area contributed by atoms with Gasteiger partial charge in [-0.2, -0.15) is 0 Å². The van der Waals surface area contributed by atoms with Crippen LogP contribution in [0, 0.1) is 0 Å². The molecule has 1 amide bonds. The molecule has 0 radical (unpaired) electrons. The molecule has 0 atom stereocenters. The van der Waals surface area contributed by atoms with E-state index < -0.39 is 0 Å². The number of azo groups is 1. The molecular weight excluding hydrogens is 164 g/mol. The van der Waals surface area contributed by atoms with Crippen molar-refractivity contribution in [2.45, 2.75) is 6.42 Å². The summed E-state index contributed by atoms with van der Waals surface area (Å²) in [6.45, 7) is 0. The molecule has 0 aromatic heterocycles. The summed E-state index contributed by atoms with van der Waals surface area (Å²) in [5.41, 5.74) is 1.78. The first-order valence-corrected chi connectivity index (χ1v) is 4.06. The number of rotatable bonds is 1. The van der Waals surface area contributed by atoms with Crippen LogP contribution in [0.3, 0.4) is 0 Å². The normalized spacial score (nSPS) is 15.7. The van der Waals surface area contributed by atoms with Gasteiger partial charge in [0.2, 0.25) is 0 Å². The summed E-state index contributed by atoms with van der Waals surface area (Å²) in [4.78, 5) is 10.7. The molecule has 0 unspecified atom stereocenters. The van der Waals surface area contributed by atoms with Gasteiger partial charge in [0.1, 0.15) is 0 Å². The molecule has 1 aromatic carbocycles. The molecule has 2 rings (SSSR count). The van der Waals surface area contributed by atoms with Crippen LogP contribution in [0.2, 0.25) is 0 Å². The van der Waals surface area contributed by atoms with Crippen LogP contribution in [0.4, 0.5) is 0 Å². The molecule has 0 bridgehead atoms. The van der Waals surface area contributed by atoms with Crippen molar-refractivity contribution < 1.29 is 4.79 Å². The Hall–Kier alpha value is -1.77. The minimum Gasteiger partial charge on any atom is -0.271 e. The van der Waals surface area contributed by atoms with E-state index in [-0.39, 0.29) is 5.91 Å². The summed E-state index contributed by atoms with van der Waals surface area (Å²) >= 11 is 0. The number of nitrogens with zero attached hydrogens (tertiary/aromatic N) is 2. The van der Waals surface area contributed by atoms with E-state index in [0.717, 1.165) is 11.3 Å². The lowest BCUT2D eigenvalue weighted by atomic mass is 10.1. The molecule has 1 aliphatic rings. The Morgan fingerprint density at radius 1 is 1.08 bits per heavy atom. The summed E-state index contributed by atoms with van der Waals surface area (Å²) < 4.78 is 0. The monoisotopic (exact) mass is 172 g/mol. The van der Waals surface area contributed by atoms with Gasteiger partial charge in [-0.3, -0.25) is 4.79 Å². The van der Waals surface area contributed by atoms with E-state index in [0.29, 0.717) is 6.42 Å². The molecule has 1 aliphatic heterocycles. The Kier molecular flexibility index (Phi) is 2.00. The highest BCUT2D eigenvalue weighted by molar-refractivity contribution is 5.83. The zero-order valence-corrected chi connectivity index (χ0v) is 6.97. The Balaban J connectivity index is 2.30. The molecular formula is C10H8N2O. The van der Waals surface area contributed by atoms with Crippen molar-refractivity contribution in [1.29, 1.82) is 0 Å². The third-order valence-electron chi connectivity index (χ3n) is 1.81. The maximum atomic E-state index is 10.7. The van der Waals surface area contributed by atoms with Gasteiger partial charge in [0.15, 0.2) is 0 Å². The van der Waals surface area contributed by atoms with Crippen molar-refractivity contribution >= 4 is 11.6 Å². The molecule has 3 nitrogen and oxygen atoms in total. The van der Waals surface area contributed by atoms with Gasteiger partial charge < -0.3 is 0 Å². The maximum absolute atomic E-state index is 10.7. The Labute approximate surface area is 75.8 Å². The van der Waals surface area contributed by atoms with Crippen molar-refractivity contribution in [2.24, 2.45) is 10.2 Å². The highest BCUT2D eigenvalue weighted by Gasteiger charge is 2.07. The number of carbonyl (C=O) groups is 1. The predicted octanol–water partition coefficient (Wildman–Crippen LogP) is 2.41. The quantitative estimate of drug-likeness (QED) is 0.641. The second-order valence-corrected chi connectivity index (χ2v) is 2.75. The summed E-state index contributed by atoms with van der Waals surface area (Å²) in [6, 6.07) is 9.70. The van der Waals surface area contributed by atoms with E-state index in [1.165, 1.54) is 0 Å². The van der Waals surface area contributed by atoms with Gasteiger partial charge in [-0.1, -0.05) is 30.3 Å². The number of hydrogen-bond donors (Lipinski definition) is 0. The zero-order valence-electron chi connectivity index (χ0n) is 6.97. The molecule has 3 heteroatoms. The standard InChI is InChI=1S/C10H8N2O/c13-10-7-6-9(11-12-10)8-4-2-1-3-5-8/h1-6H,7H2. The van der Waals surface area contributed by atoms with Gasteiger partial charge in [-0.05, 0) is 6.08 Å². The second-order valence-electron chi connectivity index (χ2n) is 2.75. The minimum absolute atomic E-state index is 0.181. The number of benzene rings is 1. The molecule has 0 saturated carbocycles. The first kappa shape index (κ1) is 7.86. The lowest BCUT2D eigenvalue weighted by Gasteiger charge is -2.03. The van der Waals surface area contributed by atoms with Gasteiger partial charge >= 0.3 is 0 Å². The van der Waals surface area contributed by atoms with E-state index in [1.807, 2.05) is 30.3 Å². The van der Waals surface area contributed by atoms with Gasteiger partial charge in [0, 0.05) is 5.56 Å². The van der Waals surface area contributed by atoms with Crippen LogP contribution in [0.1, 0.15) is 12.0 Å². The Bertz CT molecular complexity index is 379. The zero-order chi connectivity index (χ0) is 9.10. The molecule has 0 fully saturated rings. The van der Waals surface area contributed by atoms with Crippen molar-refractivity contribution in [1.82, 2.24) is 0 Å². The lowest BCUT2D eigenvalue weighted by Crippen LogP contribution is -1.95. The summed E-state index contributed by atoms with van der Waals surface area (Å²) in [5, 5.41) is 7.32. The average molecular weight is 172 g/mol. The maximum Gasteiger partial charge on any atom is 0.268 e. The van der Waals surface area contributed by atoms with Crippen LogP contribution in [0.15, 0.2) is 46.6 Å². The van der Waals surface area contributed by atoms with Crippen LogP contribution in [0.5, 0.6) is 0 Å². The first-order chi connectivity index (χ1) is 6.36. The fourth-order valence-electron chi connectivity index (χ4n) is 1.16. The number of amides is 1. The van der Waals surface area contributed by atoms with E-state index in [2.05, 4.69) is 10.2 Å². The van der Waals surface area contributed by atoms with E-state index in [4.69, 9.17) is 0 Å². The highest BCUT2D eigenvalue weighted by Crippen LogP contribution is 2.19. The minimum atomic E-state index is -0.181. The van der Waals surface area contributed by atoms with Crippen molar-refractivity contribution in [3.8, 4) is 0 Å². The third kappa shape index (κ3) is 1.69. The van der Waals surface area contributed by atoms with Gasteiger partial charge in [0.05, 0.1) is 12.1 Å². The van der Waals surface area contributed by atoms with Crippen LogP contribution in [-0.4, -0.2) is 5.91 Å². The molecule has 0 N–H and O–H groups in total. The van der Waals surface area contributed by atoms with Crippen LogP contribution in [-0.2, 0) is 4.79 Å². The van der Waals surface area contributed by atoms with Gasteiger partial charge in [0.25, 0.3) is 5.91 Å². The van der Waals surface area contributed by atoms with Crippen LogP contribution >= 0.6 is 0 Å². The van der Waals surface area contributed by atoms with E-state index in [9.17, 15) is 4.79 Å². The van der Waals surface area contributed by atoms with Gasteiger partial charge in [-0.15, -0.1) is 10.2 Å². The van der Waals surface area contributed by atoms with Crippen LogP contribution < -0.4 is 0 Å². The molecule has 0 saturated heterocycles. The Morgan fingerprint density at radius 3 is 2.46 bits per heavy atom. The van der Waals surface area contributed by atoms with Gasteiger partial charge in [-0.25, -0.2) is 0 Å². The Morgan fingerprint density at radius 2 is 1.85 bits per heavy atom. The van der Waals surface area contributed by atoms with Crippen molar-refractivity contribution in [3.05, 3.63) is 42.0 Å². The fraction of sp³-hybridized carbons (Fsp3) is 0.100. The summed E-state index contributed by atoms with van der Waals surface area (Å²) in [5.74, 6) is -0.181. The molecule has 0 spiro atoms.